The van der Waals surface area contributed by atoms with Gasteiger partial charge in [0.05, 0.1) is 0 Å². The quantitative estimate of drug-likeness (QED) is 0.285. The zero-order chi connectivity index (χ0) is 25.5. The SMILES string of the molecule is CCCCCCCCCCCCNC(=O)OC1CCC2C3C(C)Cc4cc(O)ccc4C3CCC12C. The number of amides is 1. The number of aromatic hydroxyl groups is 1. The van der Waals surface area contributed by atoms with E-state index < -0.39 is 0 Å². The van der Waals surface area contributed by atoms with Crippen LogP contribution in [0.5, 0.6) is 5.75 Å². The van der Waals surface area contributed by atoms with E-state index in [1.165, 1.54) is 68.9 Å². The Balaban J connectivity index is 1.19. The molecule has 1 aromatic carbocycles. The van der Waals surface area contributed by atoms with Crippen molar-refractivity contribution in [1.29, 1.82) is 0 Å². The Kier molecular flexibility index (Phi) is 9.64. The van der Waals surface area contributed by atoms with Crippen LogP contribution in [0, 0.1) is 23.2 Å². The molecule has 0 bridgehead atoms. The molecule has 4 nitrogen and oxygen atoms in total. The van der Waals surface area contributed by atoms with Crippen molar-refractivity contribution in [3.63, 3.8) is 0 Å². The third-order valence-electron chi connectivity index (χ3n) is 10.0. The summed E-state index contributed by atoms with van der Waals surface area (Å²) < 4.78 is 6.09. The molecule has 4 rings (SSSR count). The number of hydrogen-bond donors (Lipinski definition) is 2. The van der Waals surface area contributed by atoms with Crippen LogP contribution in [0.3, 0.4) is 0 Å². The van der Waals surface area contributed by atoms with Crippen LogP contribution in [0.4, 0.5) is 4.79 Å². The first kappa shape index (κ1) is 27.3. The molecule has 2 saturated carbocycles. The van der Waals surface area contributed by atoms with E-state index in [1.54, 1.807) is 0 Å². The van der Waals surface area contributed by atoms with Crippen LogP contribution in [-0.4, -0.2) is 23.8 Å². The maximum Gasteiger partial charge on any atom is 0.407 e. The van der Waals surface area contributed by atoms with Gasteiger partial charge in [-0.1, -0.05) is 84.6 Å². The van der Waals surface area contributed by atoms with Crippen molar-refractivity contribution < 1.29 is 14.6 Å². The topological polar surface area (TPSA) is 58.6 Å². The van der Waals surface area contributed by atoms with Crippen LogP contribution >= 0.6 is 0 Å². The van der Waals surface area contributed by atoms with E-state index in [0.717, 1.165) is 45.1 Å². The second kappa shape index (κ2) is 12.7. The maximum absolute atomic E-state index is 12.7. The molecule has 4 heteroatoms. The number of carbonyl (C=O) groups is 1. The number of fused-ring (bicyclic) bond motifs is 5. The van der Waals surface area contributed by atoms with Gasteiger partial charge in [-0.2, -0.15) is 0 Å². The van der Waals surface area contributed by atoms with Crippen LogP contribution in [-0.2, 0) is 11.2 Å². The van der Waals surface area contributed by atoms with Crippen molar-refractivity contribution >= 4 is 6.09 Å². The lowest BCUT2D eigenvalue weighted by atomic mass is 9.53. The first-order valence-corrected chi connectivity index (χ1v) is 15.2. The summed E-state index contributed by atoms with van der Waals surface area (Å²) in [5.74, 6) is 2.81. The monoisotopic (exact) mass is 497 g/mol. The largest absolute Gasteiger partial charge is 0.508 e. The number of unbranched alkanes of at least 4 members (excludes halogenated alkanes) is 9. The molecule has 202 valence electrons. The van der Waals surface area contributed by atoms with Gasteiger partial charge in [-0.25, -0.2) is 4.79 Å². The minimum Gasteiger partial charge on any atom is -0.508 e. The molecule has 0 heterocycles. The lowest BCUT2D eigenvalue weighted by Crippen LogP contribution is -2.48. The smallest absolute Gasteiger partial charge is 0.407 e. The molecule has 2 N–H and O–H groups in total. The predicted octanol–water partition coefficient (Wildman–Crippen LogP) is 8.51. The highest BCUT2D eigenvalue weighted by Gasteiger charge is 2.57. The third kappa shape index (κ3) is 6.22. The fourth-order valence-electron chi connectivity index (χ4n) is 8.08. The van der Waals surface area contributed by atoms with Crippen LogP contribution < -0.4 is 5.32 Å². The molecule has 3 aliphatic carbocycles. The van der Waals surface area contributed by atoms with Gasteiger partial charge in [-0.15, -0.1) is 0 Å². The zero-order valence-electron chi connectivity index (χ0n) is 23.2. The average molecular weight is 498 g/mol. The highest BCUT2D eigenvalue weighted by molar-refractivity contribution is 5.67. The van der Waals surface area contributed by atoms with E-state index >= 15 is 0 Å². The highest BCUT2D eigenvalue weighted by Crippen LogP contribution is 2.62. The Morgan fingerprint density at radius 3 is 2.44 bits per heavy atom. The summed E-state index contributed by atoms with van der Waals surface area (Å²) in [5.41, 5.74) is 2.87. The van der Waals surface area contributed by atoms with Crippen molar-refractivity contribution in [1.82, 2.24) is 5.32 Å². The number of phenolic OH excluding ortho intramolecular Hbond substituents is 1. The molecule has 0 saturated heterocycles. The van der Waals surface area contributed by atoms with E-state index in [4.69, 9.17) is 4.74 Å². The van der Waals surface area contributed by atoms with Gasteiger partial charge in [0, 0.05) is 12.0 Å². The first-order valence-electron chi connectivity index (χ1n) is 15.2. The van der Waals surface area contributed by atoms with Gasteiger partial charge in [0.1, 0.15) is 11.9 Å². The number of phenols is 1. The van der Waals surface area contributed by atoms with Crippen molar-refractivity contribution in [2.24, 2.45) is 23.2 Å². The van der Waals surface area contributed by atoms with Crippen LogP contribution in [0.15, 0.2) is 18.2 Å². The summed E-state index contributed by atoms with van der Waals surface area (Å²) in [5, 5.41) is 13.0. The van der Waals surface area contributed by atoms with E-state index in [2.05, 4.69) is 32.2 Å². The number of alkyl carbamates (subject to hydrolysis) is 1. The maximum atomic E-state index is 12.7. The van der Waals surface area contributed by atoms with Crippen LogP contribution in [0.2, 0.25) is 0 Å². The van der Waals surface area contributed by atoms with Gasteiger partial charge < -0.3 is 15.2 Å². The van der Waals surface area contributed by atoms with Crippen LogP contribution in [0.1, 0.15) is 128 Å². The molecule has 0 aliphatic heterocycles. The van der Waals surface area contributed by atoms with Gasteiger partial charge in [0.25, 0.3) is 0 Å². The molecule has 0 radical (unpaired) electrons. The van der Waals surface area contributed by atoms with Gasteiger partial charge >= 0.3 is 6.09 Å². The van der Waals surface area contributed by atoms with Crippen molar-refractivity contribution in [2.75, 3.05) is 6.54 Å². The lowest BCUT2D eigenvalue weighted by Gasteiger charge is -2.52. The van der Waals surface area contributed by atoms with Gasteiger partial charge in [0.15, 0.2) is 0 Å². The summed E-state index contributed by atoms with van der Waals surface area (Å²) in [6.07, 6.45) is 18.3. The summed E-state index contributed by atoms with van der Waals surface area (Å²) in [6.45, 7) is 7.78. The first-order chi connectivity index (χ1) is 17.4. The molecular weight excluding hydrogens is 446 g/mol. The van der Waals surface area contributed by atoms with Gasteiger partial charge in [-0.05, 0) is 85.5 Å². The Bertz CT molecular complexity index is 854. The second-order valence-corrected chi connectivity index (χ2v) is 12.5. The Morgan fingerprint density at radius 2 is 1.72 bits per heavy atom. The number of rotatable bonds is 12. The normalized spacial score (nSPS) is 30.8. The summed E-state index contributed by atoms with van der Waals surface area (Å²) in [4.78, 5) is 12.7. The highest BCUT2D eigenvalue weighted by atomic mass is 16.6. The Morgan fingerprint density at radius 1 is 1.03 bits per heavy atom. The Labute approximate surface area is 220 Å². The molecule has 6 atom stereocenters. The second-order valence-electron chi connectivity index (χ2n) is 12.5. The fraction of sp³-hybridized carbons (Fsp3) is 0.781. The standard InChI is InChI=1S/C32H51NO3/c1-4-5-6-7-8-9-10-11-12-13-20-33-31(35)36-29-17-16-28-30-23(2)21-24-22-25(34)14-15-26(24)27(30)18-19-32(28,29)3/h14-15,22-23,27-30,34H,4-13,16-21H2,1-3H3,(H,33,35). The minimum absolute atomic E-state index is 0.0320. The van der Waals surface area contributed by atoms with E-state index in [1.807, 2.05) is 12.1 Å². The van der Waals surface area contributed by atoms with Gasteiger partial charge in [-0.3, -0.25) is 0 Å². The van der Waals surface area contributed by atoms with E-state index in [0.29, 0.717) is 29.4 Å². The molecule has 3 aliphatic rings. The molecule has 0 aromatic heterocycles. The van der Waals surface area contributed by atoms with Crippen molar-refractivity contribution in [3.05, 3.63) is 29.3 Å². The number of nitrogens with one attached hydrogen (secondary N) is 1. The number of benzene rings is 1. The van der Waals surface area contributed by atoms with Crippen LogP contribution in [0.25, 0.3) is 0 Å². The van der Waals surface area contributed by atoms with E-state index in [-0.39, 0.29) is 17.6 Å². The summed E-state index contributed by atoms with van der Waals surface area (Å²) in [6, 6.07) is 6.01. The average Bonchev–Trinajstić information content (AvgIpc) is 3.18. The predicted molar refractivity (Wildman–Crippen MR) is 147 cm³/mol. The van der Waals surface area contributed by atoms with E-state index in [9.17, 15) is 9.90 Å². The molecule has 36 heavy (non-hydrogen) atoms. The summed E-state index contributed by atoms with van der Waals surface area (Å²) in [7, 11) is 0. The fourth-order valence-corrected chi connectivity index (χ4v) is 8.08. The number of ether oxygens (including phenoxy) is 1. The lowest BCUT2D eigenvalue weighted by molar-refractivity contribution is -0.0423. The van der Waals surface area contributed by atoms with Crippen molar-refractivity contribution in [3.8, 4) is 5.75 Å². The minimum atomic E-state index is -0.211. The molecule has 6 unspecified atom stereocenters. The molecule has 1 aromatic rings. The van der Waals surface area contributed by atoms with Crippen molar-refractivity contribution in [2.45, 2.75) is 129 Å². The number of carbonyl (C=O) groups excluding carboxylic acids is 1. The molecule has 2 fully saturated rings. The molecule has 0 spiro atoms. The molecule has 1 amide bonds. The molecular formula is C32H51NO3. The zero-order valence-corrected chi connectivity index (χ0v) is 23.2. The summed E-state index contributed by atoms with van der Waals surface area (Å²) >= 11 is 0. The third-order valence-corrected chi connectivity index (χ3v) is 10.0. The number of hydrogen-bond acceptors (Lipinski definition) is 3. The van der Waals surface area contributed by atoms with Gasteiger partial charge in [0.2, 0.25) is 0 Å². The Hall–Kier alpha value is -1.71.